The molecule has 3 saturated heterocycles. The summed E-state index contributed by atoms with van der Waals surface area (Å²) < 4.78 is 0. The lowest BCUT2D eigenvalue weighted by molar-refractivity contribution is -0.131. The maximum absolute atomic E-state index is 12.8. The summed E-state index contributed by atoms with van der Waals surface area (Å²) in [7, 11) is 0. The van der Waals surface area contributed by atoms with Crippen molar-refractivity contribution in [3.63, 3.8) is 0 Å². The number of halogens is 1. The third-order valence-electron chi connectivity index (χ3n) is 6.12. The fourth-order valence-corrected chi connectivity index (χ4v) is 4.51. The molecule has 3 aliphatic rings. The van der Waals surface area contributed by atoms with Crippen molar-refractivity contribution in [2.45, 2.75) is 45.6 Å². The second-order valence-electron chi connectivity index (χ2n) is 8.81. The van der Waals surface area contributed by atoms with Crippen LogP contribution in [0.3, 0.4) is 0 Å². The number of piperazine rings is 1. The van der Waals surface area contributed by atoms with Crippen LogP contribution in [0.2, 0.25) is 0 Å². The number of carbonyl (C=O) groups excluding carboxylic acids is 2. The second-order valence-corrected chi connectivity index (χ2v) is 8.81. The van der Waals surface area contributed by atoms with E-state index in [1.807, 2.05) is 4.90 Å². The number of rotatable bonds is 5. The highest BCUT2D eigenvalue weighted by Gasteiger charge is 2.33. The SMILES string of the molecule is CC(C)CNC(=O)N1CCCC(CC(=O)N2CCC(N3CCNCC3)C2)C1.Cl. The van der Waals surface area contributed by atoms with Crippen molar-refractivity contribution in [1.29, 1.82) is 0 Å². The summed E-state index contributed by atoms with van der Waals surface area (Å²) in [5, 5.41) is 6.40. The average molecular weight is 416 g/mol. The summed E-state index contributed by atoms with van der Waals surface area (Å²) >= 11 is 0. The van der Waals surface area contributed by atoms with Crippen LogP contribution in [0.1, 0.15) is 39.5 Å². The van der Waals surface area contributed by atoms with Crippen molar-refractivity contribution >= 4 is 24.3 Å². The van der Waals surface area contributed by atoms with Gasteiger partial charge in [-0.15, -0.1) is 12.4 Å². The van der Waals surface area contributed by atoms with Crippen LogP contribution < -0.4 is 10.6 Å². The third kappa shape index (κ3) is 6.49. The molecule has 0 radical (unpaired) electrons. The maximum atomic E-state index is 12.8. The zero-order valence-electron chi connectivity index (χ0n) is 17.5. The van der Waals surface area contributed by atoms with Gasteiger partial charge in [-0.25, -0.2) is 4.79 Å². The van der Waals surface area contributed by atoms with Gasteiger partial charge < -0.3 is 20.4 Å². The predicted molar refractivity (Wildman–Crippen MR) is 114 cm³/mol. The number of carbonyl (C=O) groups is 2. The average Bonchev–Trinajstić information content (AvgIpc) is 3.17. The van der Waals surface area contributed by atoms with Crippen LogP contribution in [0.15, 0.2) is 0 Å². The van der Waals surface area contributed by atoms with Crippen LogP contribution in [0.4, 0.5) is 4.79 Å². The molecule has 3 rings (SSSR count). The molecule has 162 valence electrons. The minimum atomic E-state index is 0. The molecule has 28 heavy (non-hydrogen) atoms. The first-order chi connectivity index (χ1) is 13.0. The Morgan fingerprint density at radius 1 is 1.04 bits per heavy atom. The summed E-state index contributed by atoms with van der Waals surface area (Å²) in [6.07, 6.45) is 3.73. The van der Waals surface area contributed by atoms with Crippen LogP contribution in [-0.2, 0) is 4.79 Å². The third-order valence-corrected chi connectivity index (χ3v) is 6.12. The quantitative estimate of drug-likeness (QED) is 0.711. The van der Waals surface area contributed by atoms with Crippen molar-refractivity contribution in [3.05, 3.63) is 0 Å². The van der Waals surface area contributed by atoms with Crippen molar-refractivity contribution in [1.82, 2.24) is 25.3 Å². The minimum absolute atomic E-state index is 0. The number of piperidine rings is 1. The molecule has 2 atom stereocenters. The number of urea groups is 1. The van der Waals surface area contributed by atoms with E-state index in [4.69, 9.17) is 0 Å². The largest absolute Gasteiger partial charge is 0.341 e. The van der Waals surface area contributed by atoms with Crippen LogP contribution >= 0.6 is 12.4 Å². The van der Waals surface area contributed by atoms with Crippen molar-refractivity contribution < 1.29 is 9.59 Å². The Kier molecular flexibility index (Phi) is 9.31. The van der Waals surface area contributed by atoms with Crippen molar-refractivity contribution in [2.75, 3.05) is 58.9 Å². The minimum Gasteiger partial charge on any atom is -0.341 e. The van der Waals surface area contributed by atoms with E-state index in [0.29, 0.717) is 37.4 Å². The Morgan fingerprint density at radius 2 is 1.79 bits per heavy atom. The van der Waals surface area contributed by atoms with Crippen molar-refractivity contribution in [2.24, 2.45) is 11.8 Å². The van der Waals surface area contributed by atoms with Crippen molar-refractivity contribution in [3.8, 4) is 0 Å². The molecule has 3 fully saturated rings. The zero-order valence-corrected chi connectivity index (χ0v) is 18.3. The Morgan fingerprint density at radius 3 is 2.50 bits per heavy atom. The molecule has 2 unspecified atom stereocenters. The van der Waals surface area contributed by atoms with Gasteiger partial charge in [-0.05, 0) is 31.1 Å². The molecule has 0 aromatic rings. The molecule has 2 N–H and O–H groups in total. The Labute approximate surface area is 176 Å². The van der Waals surface area contributed by atoms with E-state index in [1.54, 1.807) is 0 Å². The fraction of sp³-hybridized carbons (Fsp3) is 0.900. The van der Waals surface area contributed by atoms with Gasteiger partial charge in [0.1, 0.15) is 0 Å². The number of nitrogens with zero attached hydrogens (tertiary/aromatic N) is 3. The summed E-state index contributed by atoms with van der Waals surface area (Å²) in [4.78, 5) is 31.6. The number of amides is 3. The molecule has 7 nitrogen and oxygen atoms in total. The van der Waals surface area contributed by atoms with Crippen LogP contribution in [-0.4, -0.2) is 91.6 Å². The second kappa shape index (κ2) is 11.2. The zero-order chi connectivity index (χ0) is 19.2. The lowest BCUT2D eigenvalue weighted by atomic mass is 9.94. The van der Waals surface area contributed by atoms with Gasteiger partial charge in [-0.3, -0.25) is 9.69 Å². The first-order valence-electron chi connectivity index (χ1n) is 10.8. The number of hydrogen-bond acceptors (Lipinski definition) is 4. The Bertz CT molecular complexity index is 513. The van der Waals surface area contributed by atoms with E-state index in [2.05, 4.69) is 34.3 Å². The van der Waals surface area contributed by atoms with E-state index >= 15 is 0 Å². The monoisotopic (exact) mass is 415 g/mol. The Hall–Kier alpha value is -1.05. The van der Waals surface area contributed by atoms with E-state index < -0.39 is 0 Å². The normalized spacial score (nSPS) is 26.2. The molecule has 0 bridgehead atoms. The molecule has 0 aromatic carbocycles. The molecular formula is C20H38ClN5O2. The molecule has 8 heteroatoms. The summed E-state index contributed by atoms with van der Waals surface area (Å²) in [6.45, 7) is 12.5. The number of nitrogens with one attached hydrogen (secondary N) is 2. The molecule has 0 spiro atoms. The van der Waals surface area contributed by atoms with E-state index in [1.165, 1.54) is 0 Å². The highest BCUT2D eigenvalue weighted by molar-refractivity contribution is 5.85. The number of hydrogen-bond donors (Lipinski definition) is 2. The first kappa shape index (κ1) is 23.2. The van der Waals surface area contributed by atoms with Crippen LogP contribution in [0.5, 0.6) is 0 Å². The van der Waals surface area contributed by atoms with Crippen LogP contribution in [0, 0.1) is 11.8 Å². The first-order valence-corrected chi connectivity index (χ1v) is 10.8. The van der Waals surface area contributed by atoms with Crippen LogP contribution in [0.25, 0.3) is 0 Å². The molecule has 0 aliphatic carbocycles. The van der Waals surface area contributed by atoms with Gasteiger partial charge in [0.05, 0.1) is 0 Å². The molecule has 3 aliphatic heterocycles. The fourth-order valence-electron chi connectivity index (χ4n) is 4.51. The summed E-state index contributed by atoms with van der Waals surface area (Å²) in [6, 6.07) is 0.557. The van der Waals surface area contributed by atoms with Gasteiger partial charge in [0.15, 0.2) is 0 Å². The van der Waals surface area contributed by atoms with E-state index in [-0.39, 0.29) is 24.3 Å². The lowest BCUT2D eigenvalue weighted by Gasteiger charge is -2.34. The lowest BCUT2D eigenvalue weighted by Crippen LogP contribution is -2.49. The van der Waals surface area contributed by atoms with Gasteiger partial charge in [0.2, 0.25) is 5.91 Å². The molecular weight excluding hydrogens is 378 g/mol. The van der Waals surface area contributed by atoms with Gasteiger partial charge >= 0.3 is 6.03 Å². The summed E-state index contributed by atoms with van der Waals surface area (Å²) in [5.41, 5.74) is 0. The van der Waals surface area contributed by atoms with Gasteiger partial charge in [0, 0.05) is 71.4 Å². The molecule has 0 aromatic heterocycles. The Balaban J connectivity index is 0.00000280. The van der Waals surface area contributed by atoms with Gasteiger partial charge in [0.25, 0.3) is 0 Å². The number of likely N-dealkylation sites (tertiary alicyclic amines) is 2. The standard InChI is InChI=1S/C20H37N5O2.ClH/c1-16(2)13-22-20(27)25-8-3-4-17(14-25)12-19(26)24-9-5-18(15-24)23-10-6-21-7-11-23;/h16-18,21H,3-15H2,1-2H3,(H,22,27);1H. The van der Waals surface area contributed by atoms with Gasteiger partial charge in [-0.1, -0.05) is 13.8 Å². The smallest absolute Gasteiger partial charge is 0.317 e. The van der Waals surface area contributed by atoms with Gasteiger partial charge in [-0.2, -0.15) is 0 Å². The highest BCUT2D eigenvalue weighted by atomic mass is 35.5. The topological polar surface area (TPSA) is 67.9 Å². The summed E-state index contributed by atoms with van der Waals surface area (Å²) in [5.74, 6) is 1.03. The molecule has 3 amide bonds. The maximum Gasteiger partial charge on any atom is 0.317 e. The molecule has 0 saturated carbocycles. The predicted octanol–water partition coefficient (Wildman–Crippen LogP) is 1.38. The van der Waals surface area contributed by atoms with E-state index in [9.17, 15) is 9.59 Å². The highest BCUT2D eigenvalue weighted by Crippen LogP contribution is 2.23. The molecule has 3 heterocycles. The van der Waals surface area contributed by atoms with E-state index in [0.717, 1.165) is 65.1 Å².